The van der Waals surface area contributed by atoms with Gasteiger partial charge in [-0.1, -0.05) is 12.1 Å². The van der Waals surface area contributed by atoms with Gasteiger partial charge in [0.1, 0.15) is 5.75 Å². The molecule has 3 rings (SSSR count). The maximum Gasteiger partial charge on any atom is 0.193 e. The van der Waals surface area contributed by atoms with Gasteiger partial charge in [-0.05, 0) is 42.3 Å². The van der Waals surface area contributed by atoms with Crippen LogP contribution in [0.4, 0.5) is 5.69 Å². The van der Waals surface area contributed by atoms with Crippen molar-refractivity contribution in [2.45, 2.75) is 13.3 Å². The smallest absolute Gasteiger partial charge is 0.193 e. The van der Waals surface area contributed by atoms with Gasteiger partial charge in [-0.3, -0.25) is 4.79 Å². The van der Waals surface area contributed by atoms with Crippen LogP contribution in [0.2, 0.25) is 0 Å². The van der Waals surface area contributed by atoms with Crippen LogP contribution in [0.25, 0.3) is 0 Å². The number of carbonyl (C=O) groups is 1. The van der Waals surface area contributed by atoms with Crippen LogP contribution in [0.5, 0.6) is 5.75 Å². The van der Waals surface area contributed by atoms with Crippen LogP contribution in [0.1, 0.15) is 27.0 Å². The third kappa shape index (κ3) is 1.97. The second-order valence-electron chi connectivity index (χ2n) is 4.77. The lowest BCUT2D eigenvalue weighted by atomic mass is 9.96. The van der Waals surface area contributed by atoms with Crippen LogP contribution in [0, 0.1) is 6.92 Å². The fourth-order valence-electron chi connectivity index (χ4n) is 2.38. The SMILES string of the molecule is Cc1c(N)cccc1C(=O)c1ccc2c(c1)CCO2. The number of ether oxygens (including phenoxy) is 1. The lowest BCUT2D eigenvalue weighted by molar-refractivity contribution is 0.103. The van der Waals surface area contributed by atoms with Crippen LogP contribution in [0.15, 0.2) is 36.4 Å². The zero-order valence-corrected chi connectivity index (χ0v) is 10.8. The van der Waals surface area contributed by atoms with E-state index >= 15 is 0 Å². The van der Waals surface area contributed by atoms with Gasteiger partial charge in [-0.2, -0.15) is 0 Å². The summed E-state index contributed by atoms with van der Waals surface area (Å²) < 4.78 is 5.45. The number of carbonyl (C=O) groups excluding carboxylic acids is 1. The normalized spacial score (nSPS) is 12.9. The average molecular weight is 253 g/mol. The Bertz CT molecular complexity index is 662. The molecule has 2 aromatic rings. The Morgan fingerprint density at radius 2 is 2.11 bits per heavy atom. The summed E-state index contributed by atoms with van der Waals surface area (Å²) in [6.07, 6.45) is 0.867. The van der Waals surface area contributed by atoms with Crippen LogP contribution >= 0.6 is 0 Å². The van der Waals surface area contributed by atoms with Gasteiger partial charge in [0, 0.05) is 23.2 Å². The summed E-state index contributed by atoms with van der Waals surface area (Å²) in [7, 11) is 0. The molecule has 0 atom stereocenters. The van der Waals surface area contributed by atoms with Gasteiger partial charge in [0.05, 0.1) is 6.61 Å². The van der Waals surface area contributed by atoms with E-state index in [0.717, 1.165) is 23.3 Å². The lowest BCUT2D eigenvalue weighted by Gasteiger charge is -2.08. The molecular formula is C16H15NO2. The molecule has 3 nitrogen and oxygen atoms in total. The second-order valence-corrected chi connectivity index (χ2v) is 4.77. The number of nitrogens with two attached hydrogens (primary N) is 1. The monoisotopic (exact) mass is 253 g/mol. The highest BCUT2D eigenvalue weighted by molar-refractivity contribution is 6.10. The Kier molecular flexibility index (Phi) is 2.75. The van der Waals surface area contributed by atoms with Crippen molar-refractivity contribution in [2.24, 2.45) is 0 Å². The number of ketones is 1. The first-order valence-corrected chi connectivity index (χ1v) is 6.32. The number of rotatable bonds is 2. The minimum Gasteiger partial charge on any atom is -0.493 e. The Morgan fingerprint density at radius 3 is 2.95 bits per heavy atom. The van der Waals surface area contributed by atoms with Crippen molar-refractivity contribution in [1.29, 1.82) is 0 Å². The van der Waals surface area contributed by atoms with E-state index in [0.29, 0.717) is 23.4 Å². The molecule has 0 saturated carbocycles. The van der Waals surface area contributed by atoms with Crippen molar-refractivity contribution in [3.8, 4) is 5.75 Å². The zero-order chi connectivity index (χ0) is 13.4. The van der Waals surface area contributed by atoms with Gasteiger partial charge in [-0.25, -0.2) is 0 Å². The minimum absolute atomic E-state index is 0.0134. The predicted octanol–water partition coefficient (Wildman–Crippen LogP) is 2.74. The average Bonchev–Trinajstić information content (AvgIpc) is 2.88. The van der Waals surface area contributed by atoms with Gasteiger partial charge in [0.25, 0.3) is 0 Å². The molecule has 0 spiro atoms. The highest BCUT2D eigenvalue weighted by Gasteiger charge is 2.17. The molecule has 1 aliphatic rings. The largest absolute Gasteiger partial charge is 0.493 e. The maximum absolute atomic E-state index is 12.5. The quantitative estimate of drug-likeness (QED) is 0.661. The molecule has 96 valence electrons. The van der Waals surface area contributed by atoms with E-state index < -0.39 is 0 Å². The van der Waals surface area contributed by atoms with Crippen molar-refractivity contribution in [1.82, 2.24) is 0 Å². The van der Waals surface area contributed by atoms with Gasteiger partial charge < -0.3 is 10.5 Å². The van der Waals surface area contributed by atoms with Gasteiger partial charge >= 0.3 is 0 Å². The molecule has 0 aromatic heterocycles. The lowest BCUT2D eigenvalue weighted by Crippen LogP contribution is -2.05. The summed E-state index contributed by atoms with van der Waals surface area (Å²) in [4.78, 5) is 12.5. The summed E-state index contributed by atoms with van der Waals surface area (Å²) in [6, 6.07) is 11.0. The topological polar surface area (TPSA) is 52.3 Å². The molecule has 0 unspecified atom stereocenters. The number of hydrogen-bond donors (Lipinski definition) is 1. The molecule has 2 aromatic carbocycles. The zero-order valence-electron chi connectivity index (χ0n) is 10.8. The van der Waals surface area contributed by atoms with Crippen molar-refractivity contribution >= 4 is 11.5 Å². The Balaban J connectivity index is 2.02. The molecule has 19 heavy (non-hydrogen) atoms. The molecule has 3 heteroatoms. The first-order valence-electron chi connectivity index (χ1n) is 6.32. The van der Waals surface area contributed by atoms with E-state index in [9.17, 15) is 4.79 Å². The number of fused-ring (bicyclic) bond motifs is 1. The van der Waals surface area contributed by atoms with E-state index in [1.54, 1.807) is 0 Å². The fourth-order valence-corrected chi connectivity index (χ4v) is 2.38. The summed E-state index contributed by atoms with van der Waals surface area (Å²) >= 11 is 0. The summed E-state index contributed by atoms with van der Waals surface area (Å²) in [5.41, 5.74) is 9.80. The van der Waals surface area contributed by atoms with Gasteiger partial charge in [0.15, 0.2) is 5.78 Å². The molecular weight excluding hydrogens is 238 g/mol. The summed E-state index contributed by atoms with van der Waals surface area (Å²) in [6.45, 7) is 2.57. The molecule has 0 bridgehead atoms. The Hall–Kier alpha value is -2.29. The molecule has 0 amide bonds. The number of benzene rings is 2. The molecule has 0 radical (unpaired) electrons. The van der Waals surface area contributed by atoms with Gasteiger partial charge in [0.2, 0.25) is 0 Å². The van der Waals surface area contributed by atoms with Crippen LogP contribution < -0.4 is 10.5 Å². The van der Waals surface area contributed by atoms with E-state index in [2.05, 4.69) is 0 Å². The molecule has 0 saturated heterocycles. The maximum atomic E-state index is 12.5. The van der Waals surface area contributed by atoms with E-state index in [-0.39, 0.29) is 5.78 Å². The fraction of sp³-hybridized carbons (Fsp3) is 0.188. The van der Waals surface area contributed by atoms with Crippen molar-refractivity contribution < 1.29 is 9.53 Å². The number of anilines is 1. The highest BCUT2D eigenvalue weighted by Crippen LogP contribution is 2.27. The van der Waals surface area contributed by atoms with Crippen LogP contribution in [-0.2, 0) is 6.42 Å². The van der Waals surface area contributed by atoms with Crippen LogP contribution in [-0.4, -0.2) is 12.4 Å². The van der Waals surface area contributed by atoms with Crippen LogP contribution in [0.3, 0.4) is 0 Å². The summed E-state index contributed by atoms with van der Waals surface area (Å²) in [5.74, 6) is 0.903. The molecule has 1 heterocycles. The van der Waals surface area contributed by atoms with Gasteiger partial charge in [-0.15, -0.1) is 0 Å². The molecule has 1 aliphatic heterocycles. The molecule has 0 fully saturated rings. The van der Waals surface area contributed by atoms with E-state index in [1.807, 2.05) is 43.3 Å². The second kappa shape index (κ2) is 4.43. The van der Waals surface area contributed by atoms with Crippen molar-refractivity contribution in [3.63, 3.8) is 0 Å². The summed E-state index contributed by atoms with van der Waals surface area (Å²) in [5, 5.41) is 0. The third-order valence-corrected chi connectivity index (χ3v) is 3.57. The van der Waals surface area contributed by atoms with E-state index in [1.165, 1.54) is 0 Å². The van der Waals surface area contributed by atoms with Crippen molar-refractivity contribution in [3.05, 3.63) is 58.7 Å². The van der Waals surface area contributed by atoms with Crippen molar-refractivity contribution in [2.75, 3.05) is 12.3 Å². The third-order valence-electron chi connectivity index (χ3n) is 3.57. The number of nitrogen functional groups attached to an aromatic ring is 1. The first-order chi connectivity index (χ1) is 9.16. The van der Waals surface area contributed by atoms with E-state index in [4.69, 9.17) is 10.5 Å². The number of hydrogen-bond acceptors (Lipinski definition) is 3. The Morgan fingerprint density at radius 1 is 1.26 bits per heavy atom. The Labute approximate surface area is 112 Å². The highest BCUT2D eigenvalue weighted by atomic mass is 16.5. The standard InChI is InChI=1S/C16H15NO2/c1-10-13(3-2-4-14(10)17)16(18)12-5-6-15-11(9-12)7-8-19-15/h2-6,9H,7-8,17H2,1H3. The predicted molar refractivity (Wildman–Crippen MR) is 74.7 cm³/mol. The molecule has 2 N–H and O–H groups in total. The minimum atomic E-state index is 0.0134. The first kappa shape index (κ1) is 11.8. The molecule has 0 aliphatic carbocycles.